The molecule has 1 amide bonds. The Kier molecular flexibility index (Phi) is 5.28. The maximum absolute atomic E-state index is 13.2. The molecule has 23 heavy (non-hydrogen) atoms. The second-order valence-electron chi connectivity index (χ2n) is 4.85. The molecule has 5 N–H and O–H groups in total. The van der Waals surface area contributed by atoms with Gasteiger partial charge in [-0.3, -0.25) is 4.79 Å². The molecule has 0 unspecified atom stereocenters. The van der Waals surface area contributed by atoms with Gasteiger partial charge in [0.2, 0.25) is 0 Å². The van der Waals surface area contributed by atoms with Crippen molar-refractivity contribution < 1.29 is 9.18 Å². The summed E-state index contributed by atoms with van der Waals surface area (Å²) in [5, 5.41) is 8.72. The van der Waals surface area contributed by atoms with Crippen molar-refractivity contribution in [2.75, 3.05) is 35.3 Å². The Balaban J connectivity index is 2.33. The average molecular weight is 337 g/mol. The minimum absolute atomic E-state index is 0.0558. The number of nitrogens with two attached hydrogens (primary N) is 1. The van der Waals surface area contributed by atoms with E-state index in [1.807, 2.05) is 6.92 Å². The fraction of sp³-hybridized carbons (Fsp3) is 0.188. The molecule has 0 fully saturated rings. The lowest BCUT2D eigenvalue weighted by atomic mass is 10.1. The summed E-state index contributed by atoms with van der Waals surface area (Å²) in [6, 6.07) is 7.35. The second kappa shape index (κ2) is 7.19. The first kappa shape index (κ1) is 16.9. The zero-order valence-corrected chi connectivity index (χ0v) is 13.6. The summed E-state index contributed by atoms with van der Waals surface area (Å²) in [4.78, 5) is 12.5. The van der Waals surface area contributed by atoms with E-state index < -0.39 is 5.82 Å². The third-order valence-electron chi connectivity index (χ3n) is 3.25. The van der Waals surface area contributed by atoms with E-state index in [9.17, 15) is 9.18 Å². The maximum Gasteiger partial charge on any atom is 0.257 e. The van der Waals surface area contributed by atoms with Crippen LogP contribution in [-0.2, 0) is 0 Å². The first-order valence-electron chi connectivity index (χ1n) is 7.07. The largest absolute Gasteiger partial charge is 0.397 e. The summed E-state index contributed by atoms with van der Waals surface area (Å²) in [6.45, 7) is 2.58. The van der Waals surface area contributed by atoms with Gasteiger partial charge in [-0.15, -0.1) is 0 Å². The molecule has 0 atom stereocenters. The summed E-state index contributed by atoms with van der Waals surface area (Å²) >= 11 is 5.72. The number of benzene rings is 2. The predicted molar refractivity (Wildman–Crippen MR) is 93.9 cm³/mol. The molecule has 2 aromatic carbocycles. The van der Waals surface area contributed by atoms with Crippen LogP contribution in [0.25, 0.3) is 0 Å². The molecule has 2 aromatic rings. The lowest BCUT2D eigenvalue weighted by Gasteiger charge is -2.15. The molecule has 2 rings (SSSR count). The molecule has 0 aliphatic heterocycles. The third kappa shape index (κ3) is 3.84. The molecule has 5 nitrogen and oxygen atoms in total. The van der Waals surface area contributed by atoms with Crippen LogP contribution >= 0.6 is 11.6 Å². The van der Waals surface area contributed by atoms with Gasteiger partial charge in [0.05, 0.1) is 22.0 Å². The van der Waals surface area contributed by atoms with Crippen LogP contribution in [0, 0.1) is 5.82 Å². The molecule has 0 heterocycles. The summed E-state index contributed by atoms with van der Waals surface area (Å²) in [6.07, 6.45) is 0. The Hall–Kier alpha value is -2.47. The molecule has 0 saturated carbocycles. The van der Waals surface area contributed by atoms with Gasteiger partial charge in [0.15, 0.2) is 0 Å². The molecule has 0 aliphatic rings. The Morgan fingerprint density at radius 3 is 2.61 bits per heavy atom. The van der Waals surface area contributed by atoms with Crippen LogP contribution in [0.1, 0.15) is 17.3 Å². The van der Waals surface area contributed by atoms with E-state index in [0.717, 1.165) is 5.69 Å². The van der Waals surface area contributed by atoms with Crippen molar-refractivity contribution in [2.45, 2.75) is 6.92 Å². The fourth-order valence-electron chi connectivity index (χ4n) is 2.13. The second-order valence-corrected chi connectivity index (χ2v) is 5.26. The average Bonchev–Trinajstić information content (AvgIpc) is 2.52. The first-order valence-corrected chi connectivity index (χ1v) is 7.45. The Morgan fingerprint density at radius 1 is 1.26 bits per heavy atom. The van der Waals surface area contributed by atoms with Gasteiger partial charge in [-0.05, 0) is 37.3 Å². The van der Waals surface area contributed by atoms with Crippen LogP contribution in [0.5, 0.6) is 0 Å². The third-order valence-corrected chi connectivity index (χ3v) is 3.54. The normalized spacial score (nSPS) is 10.3. The van der Waals surface area contributed by atoms with Gasteiger partial charge in [0, 0.05) is 25.0 Å². The SMILES string of the molecule is CCNc1cc(NC)c(N)cc1C(=O)Nc1ccc(F)c(Cl)c1. The molecule has 0 saturated heterocycles. The number of halogens is 2. The number of amides is 1. The minimum Gasteiger partial charge on any atom is -0.397 e. The highest BCUT2D eigenvalue weighted by atomic mass is 35.5. The number of hydrogen-bond donors (Lipinski definition) is 4. The fourth-order valence-corrected chi connectivity index (χ4v) is 2.31. The zero-order chi connectivity index (χ0) is 17.0. The quantitative estimate of drug-likeness (QED) is 0.626. The van der Waals surface area contributed by atoms with Crippen LogP contribution in [0.2, 0.25) is 5.02 Å². The van der Waals surface area contributed by atoms with Gasteiger partial charge in [-0.25, -0.2) is 4.39 Å². The molecule has 0 spiro atoms. The molecule has 122 valence electrons. The lowest BCUT2D eigenvalue weighted by molar-refractivity contribution is 0.102. The lowest BCUT2D eigenvalue weighted by Crippen LogP contribution is -2.16. The van der Waals surface area contributed by atoms with Gasteiger partial charge in [0.25, 0.3) is 5.91 Å². The van der Waals surface area contributed by atoms with Crippen molar-refractivity contribution in [2.24, 2.45) is 0 Å². The van der Waals surface area contributed by atoms with E-state index in [-0.39, 0.29) is 10.9 Å². The standard InChI is InChI=1S/C16H18ClFN4O/c1-3-21-14-8-15(20-2)13(19)7-10(14)16(23)22-9-4-5-12(18)11(17)6-9/h4-8,20-21H,3,19H2,1-2H3,(H,22,23). The molecular formula is C16H18ClFN4O. The Morgan fingerprint density at radius 2 is 2.00 bits per heavy atom. The molecule has 0 radical (unpaired) electrons. The van der Waals surface area contributed by atoms with Gasteiger partial charge in [0.1, 0.15) is 5.82 Å². The number of rotatable bonds is 5. The van der Waals surface area contributed by atoms with Crippen molar-refractivity contribution >= 4 is 40.3 Å². The smallest absolute Gasteiger partial charge is 0.257 e. The van der Waals surface area contributed by atoms with E-state index in [1.54, 1.807) is 19.2 Å². The van der Waals surface area contributed by atoms with E-state index in [2.05, 4.69) is 16.0 Å². The number of carbonyl (C=O) groups is 1. The first-order chi connectivity index (χ1) is 11.0. The Bertz CT molecular complexity index is 736. The minimum atomic E-state index is -0.541. The molecule has 0 aliphatic carbocycles. The predicted octanol–water partition coefficient (Wildman–Crippen LogP) is 3.79. The number of carbonyl (C=O) groups excluding carboxylic acids is 1. The van der Waals surface area contributed by atoms with Crippen molar-refractivity contribution in [1.82, 2.24) is 0 Å². The zero-order valence-electron chi connectivity index (χ0n) is 12.8. The molecular weight excluding hydrogens is 319 g/mol. The summed E-state index contributed by atoms with van der Waals surface area (Å²) in [7, 11) is 1.75. The topological polar surface area (TPSA) is 79.2 Å². The van der Waals surface area contributed by atoms with Crippen molar-refractivity contribution in [1.29, 1.82) is 0 Å². The monoisotopic (exact) mass is 336 g/mol. The summed E-state index contributed by atoms with van der Waals surface area (Å²) in [5.41, 5.74) is 8.56. The highest BCUT2D eigenvalue weighted by Crippen LogP contribution is 2.28. The van der Waals surface area contributed by atoms with Gasteiger partial charge in [-0.1, -0.05) is 11.6 Å². The van der Waals surface area contributed by atoms with E-state index >= 15 is 0 Å². The maximum atomic E-state index is 13.2. The summed E-state index contributed by atoms with van der Waals surface area (Å²) in [5.74, 6) is -0.904. The van der Waals surface area contributed by atoms with Gasteiger partial charge in [-0.2, -0.15) is 0 Å². The van der Waals surface area contributed by atoms with E-state index in [4.69, 9.17) is 17.3 Å². The Labute approximate surface area is 139 Å². The van der Waals surface area contributed by atoms with E-state index in [0.29, 0.717) is 29.2 Å². The molecule has 0 aromatic heterocycles. The summed E-state index contributed by atoms with van der Waals surface area (Å²) < 4.78 is 13.2. The van der Waals surface area contributed by atoms with Crippen LogP contribution in [0.15, 0.2) is 30.3 Å². The highest BCUT2D eigenvalue weighted by Gasteiger charge is 2.15. The highest BCUT2D eigenvalue weighted by molar-refractivity contribution is 6.31. The number of hydrogen-bond acceptors (Lipinski definition) is 4. The number of nitrogen functional groups attached to an aromatic ring is 1. The van der Waals surface area contributed by atoms with Crippen LogP contribution in [-0.4, -0.2) is 19.5 Å². The number of nitrogens with one attached hydrogen (secondary N) is 3. The molecule has 0 bridgehead atoms. The van der Waals surface area contributed by atoms with Crippen molar-refractivity contribution in [3.63, 3.8) is 0 Å². The van der Waals surface area contributed by atoms with Crippen LogP contribution in [0.3, 0.4) is 0 Å². The van der Waals surface area contributed by atoms with Crippen LogP contribution < -0.4 is 21.7 Å². The molecule has 7 heteroatoms. The van der Waals surface area contributed by atoms with Crippen molar-refractivity contribution in [3.8, 4) is 0 Å². The van der Waals surface area contributed by atoms with Gasteiger partial charge < -0.3 is 21.7 Å². The van der Waals surface area contributed by atoms with E-state index in [1.165, 1.54) is 18.2 Å². The number of anilines is 4. The van der Waals surface area contributed by atoms with Gasteiger partial charge >= 0.3 is 0 Å². The van der Waals surface area contributed by atoms with Crippen molar-refractivity contribution in [3.05, 3.63) is 46.7 Å². The van der Waals surface area contributed by atoms with Crippen LogP contribution in [0.4, 0.5) is 27.1 Å².